The van der Waals surface area contributed by atoms with Crippen LogP contribution in [-0.2, 0) is 16.9 Å². The largest absolute Gasteiger partial charge is 0.337 e. The lowest BCUT2D eigenvalue weighted by Crippen LogP contribution is -2.39. The Bertz CT molecular complexity index is 466. The number of aryl methyl sites for hydroxylation is 1. The van der Waals surface area contributed by atoms with E-state index in [1.54, 1.807) is 17.0 Å². The van der Waals surface area contributed by atoms with Crippen LogP contribution in [0.4, 0.5) is 0 Å². The molecule has 0 spiro atoms. The fourth-order valence-electron chi connectivity index (χ4n) is 2.25. The summed E-state index contributed by atoms with van der Waals surface area (Å²) in [7, 11) is -1.21. The molecule has 90 valence electrons. The van der Waals surface area contributed by atoms with Crippen molar-refractivity contribution in [1.29, 1.82) is 0 Å². The molecule has 1 aromatic heterocycles. The molecular weight excluding hydrogens is 226 g/mol. The summed E-state index contributed by atoms with van der Waals surface area (Å²) in [4.78, 5) is 4.13. The van der Waals surface area contributed by atoms with Crippen LogP contribution in [0.1, 0.15) is 31.1 Å². The van der Waals surface area contributed by atoms with Crippen molar-refractivity contribution in [1.82, 2.24) is 9.55 Å². The average Bonchev–Trinajstić information content (AvgIpc) is 2.63. The van der Waals surface area contributed by atoms with Crippen molar-refractivity contribution in [3.05, 3.63) is 18.2 Å². The summed E-state index contributed by atoms with van der Waals surface area (Å²) in [5, 5.41) is -0.470. The predicted octanol–water partition coefficient (Wildman–Crippen LogP) is 0.387. The van der Waals surface area contributed by atoms with Crippen LogP contribution in [0.2, 0.25) is 0 Å². The first kappa shape index (κ1) is 11.6. The van der Waals surface area contributed by atoms with Crippen LogP contribution < -0.4 is 5.73 Å². The Kier molecular flexibility index (Phi) is 3.03. The van der Waals surface area contributed by atoms with Crippen molar-refractivity contribution in [3.8, 4) is 0 Å². The summed E-state index contributed by atoms with van der Waals surface area (Å²) in [6, 6.07) is -0.509. The Balaban J connectivity index is 2.28. The lowest BCUT2D eigenvalue weighted by atomic mass is 10.1. The molecule has 1 aliphatic rings. The van der Waals surface area contributed by atoms with Crippen LogP contribution in [0.25, 0.3) is 0 Å². The van der Waals surface area contributed by atoms with Crippen molar-refractivity contribution in [2.75, 3.05) is 5.75 Å². The maximum Gasteiger partial charge on any atom is 0.155 e. The molecule has 2 N–H and O–H groups in total. The summed E-state index contributed by atoms with van der Waals surface area (Å²) in [6.07, 6.45) is 5.76. The number of aromatic nitrogens is 2. The van der Waals surface area contributed by atoms with Gasteiger partial charge in [0.1, 0.15) is 5.82 Å². The third-order valence-corrected chi connectivity index (χ3v) is 5.50. The van der Waals surface area contributed by atoms with E-state index in [4.69, 9.17) is 5.73 Å². The lowest BCUT2D eigenvalue weighted by Gasteiger charge is -2.27. The first-order valence-electron chi connectivity index (χ1n) is 5.47. The molecule has 1 aliphatic heterocycles. The highest BCUT2D eigenvalue weighted by atomic mass is 32.2. The minimum atomic E-state index is -3.04. The summed E-state index contributed by atoms with van der Waals surface area (Å²) in [6.45, 7) is 0. The van der Waals surface area contributed by atoms with Gasteiger partial charge in [-0.25, -0.2) is 13.4 Å². The maximum atomic E-state index is 11.9. The second-order valence-corrected chi connectivity index (χ2v) is 6.66. The van der Waals surface area contributed by atoms with Crippen LogP contribution in [0.3, 0.4) is 0 Å². The number of rotatable bonds is 2. The molecule has 0 aromatic carbocycles. The van der Waals surface area contributed by atoms with Crippen LogP contribution in [0.15, 0.2) is 12.4 Å². The maximum absolute atomic E-state index is 11.9. The van der Waals surface area contributed by atoms with Gasteiger partial charge >= 0.3 is 0 Å². The van der Waals surface area contributed by atoms with Crippen LogP contribution >= 0.6 is 0 Å². The van der Waals surface area contributed by atoms with Gasteiger partial charge in [-0.3, -0.25) is 0 Å². The van der Waals surface area contributed by atoms with Crippen molar-refractivity contribution in [3.63, 3.8) is 0 Å². The predicted molar refractivity (Wildman–Crippen MR) is 61.6 cm³/mol. The van der Waals surface area contributed by atoms with Crippen molar-refractivity contribution in [2.24, 2.45) is 12.8 Å². The molecule has 2 heterocycles. The smallest absolute Gasteiger partial charge is 0.155 e. The van der Waals surface area contributed by atoms with E-state index in [1.165, 1.54) is 0 Å². The van der Waals surface area contributed by atoms with E-state index in [-0.39, 0.29) is 5.75 Å². The quantitative estimate of drug-likeness (QED) is 0.815. The molecule has 2 rings (SSSR count). The number of nitrogens with zero attached hydrogens (tertiary/aromatic N) is 2. The fraction of sp³-hybridized carbons (Fsp3) is 0.700. The molecule has 5 nitrogen and oxygen atoms in total. The first-order chi connectivity index (χ1) is 7.52. The highest BCUT2D eigenvalue weighted by Crippen LogP contribution is 2.28. The molecule has 6 heteroatoms. The molecule has 1 saturated heterocycles. The third kappa shape index (κ3) is 1.99. The number of sulfone groups is 1. The van der Waals surface area contributed by atoms with Crippen molar-refractivity contribution >= 4 is 9.84 Å². The number of imidazole rings is 1. The zero-order chi connectivity index (χ0) is 11.8. The summed E-state index contributed by atoms with van der Waals surface area (Å²) >= 11 is 0. The molecule has 2 atom stereocenters. The van der Waals surface area contributed by atoms with Gasteiger partial charge in [0.25, 0.3) is 0 Å². The Morgan fingerprint density at radius 3 is 2.88 bits per heavy atom. The average molecular weight is 243 g/mol. The van der Waals surface area contributed by atoms with Gasteiger partial charge in [0.05, 0.1) is 17.0 Å². The van der Waals surface area contributed by atoms with Gasteiger partial charge < -0.3 is 10.3 Å². The van der Waals surface area contributed by atoms with Gasteiger partial charge in [0, 0.05) is 19.4 Å². The standard InChI is InChI=1S/C10H17N3O2S/c1-13-6-5-12-10(13)9(11)8-4-2-3-7-16(8,14)15/h5-6,8-9H,2-4,7,11H2,1H3. The van der Waals surface area contributed by atoms with E-state index >= 15 is 0 Å². The first-order valence-corrected chi connectivity index (χ1v) is 7.18. The Labute approximate surface area is 95.6 Å². The van der Waals surface area contributed by atoms with Crippen LogP contribution in [0, 0.1) is 0 Å². The molecule has 1 aromatic rings. The molecule has 0 radical (unpaired) electrons. The highest BCUT2D eigenvalue weighted by molar-refractivity contribution is 7.92. The van der Waals surface area contributed by atoms with Gasteiger partial charge in [-0.05, 0) is 12.8 Å². The molecule has 0 aliphatic carbocycles. The number of hydrogen-bond acceptors (Lipinski definition) is 4. The Hall–Kier alpha value is -0.880. The van der Waals surface area contributed by atoms with E-state index in [0.29, 0.717) is 12.2 Å². The SMILES string of the molecule is Cn1ccnc1C(N)C1CCCCS1(=O)=O. The Morgan fingerprint density at radius 2 is 2.31 bits per heavy atom. The molecule has 16 heavy (non-hydrogen) atoms. The zero-order valence-electron chi connectivity index (χ0n) is 9.33. The second-order valence-electron chi connectivity index (χ2n) is 4.32. The molecule has 0 saturated carbocycles. The summed E-state index contributed by atoms with van der Waals surface area (Å²) in [5.74, 6) is 0.908. The minimum Gasteiger partial charge on any atom is -0.337 e. The zero-order valence-corrected chi connectivity index (χ0v) is 10.2. The number of hydrogen-bond donors (Lipinski definition) is 1. The van der Waals surface area contributed by atoms with Crippen LogP contribution in [0.5, 0.6) is 0 Å². The summed E-state index contributed by atoms with van der Waals surface area (Å²) in [5.41, 5.74) is 6.03. The summed E-state index contributed by atoms with van der Waals surface area (Å²) < 4.78 is 25.6. The topological polar surface area (TPSA) is 78.0 Å². The van der Waals surface area contributed by atoms with Crippen molar-refractivity contribution < 1.29 is 8.42 Å². The van der Waals surface area contributed by atoms with E-state index in [9.17, 15) is 8.42 Å². The van der Waals surface area contributed by atoms with Gasteiger partial charge in [-0.15, -0.1) is 0 Å². The molecule has 0 bridgehead atoms. The Morgan fingerprint density at radius 1 is 1.56 bits per heavy atom. The molecule has 1 fully saturated rings. The molecule has 2 unspecified atom stereocenters. The van der Waals surface area contributed by atoms with Crippen molar-refractivity contribution in [2.45, 2.75) is 30.6 Å². The normalized spacial score (nSPS) is 26.5. The minimum absolute atomic E-state index is 0.260. The van der Waals surface area contributed by atoms with Crippen LogP contribution in [-0.4, -0.2) is 29.0 Å². The van der Waals surface area contributed by atoms with Gasteiger partial charge in [-0.2, -0.15) is 0 Å². The van der Waals surface area contributed by atoms with Gasteiger partial charge in [0.2, 0.25) is 0 Å². The van der Waals surface area contributed by atoms with E-state index in [0.717, 1.165) is 12.8 Å². The lowest BCUT2D eigenvalue weighted by molar-refractivity contribution is 0.488. The highest BCUT2D eigenvalue weighted by Gasteiger charge is 2.35. The van der Waals surface area contributed by atoms with E-state index in [2.05, 4.69) is 4.98 Å². The van der Waals surface area contributed by atoms with Gasteiger partial charge in [0.15, 0.2) is 9.84 Å². The monoisotopic (exact) mass is 243 g/mol. The van der Waals surface area contributed by atoms with Gasteiger partial charge in [-0.1, -0.05) is 6.42 Å². The number of nitrogens with two attached hydrogens (primary N) is 1. The molecular formula is C10H17N3O2S. The molecule has 0 amide bonds. The van der Waals surface area contributed by atoms with E-state index in [1.807, 2.05) is 7.05 Å². The fourth-order valence-corrected chi connectivity index (χ4v) is 4.25. The van der Waals surface area contributed by atoms with E-state index < -0.39 is 21.1 Å². The second kappa shape index (κ2) is 4.18. The third-order valence-electron chi connectivity index (χ3n) is 3.19.